The van der Waals surface area contributed by atoms with Crippen LogP contribution >= 0.6 is 12.4 Å². The molecule has 57 heavy (non-hydrogen) atoms. The molecule has 4 rings (SSSR count). The van der Waals surface area contributed by atoms with E-state index in [0.717, 1.165) is 0 Å². The molecule has 12 nitrogen and oxygen atoms in total. The van der Waals surface area contributed by atoms with E-state index in [2.05, 4.69) is 5.16 Å². The number of oxime groups is 1. The fourth-order valence-electron chi connectivity index (χ4n) is 5.68. The summed E-state index contributed by atoms with van der Waals surface area (Å²) in [6.45, 7) is 11.4. The molecular formula is C36H46ClF8N5O7. The summed E-state index contributed by atoms with van der Waals surface area (Å²) in [5, 5.41) is 24.4. The summed E-state index contributed by atoms with van der Waals surface area (Å²) in [6, 6.07) is 3.81. The maximum absolute atomic E-state index is 14.1. The molecule has 0 aromatic heterocycles. The average Bonchev–Trinajstić information content (AvgIpc) is 3.08. The first-order valence-corrected chi connectivity index (χ1v) is 17.0. The number of piperidine rings is 2. The molecule has 2 saturated heterocycles. The second kappa shape index (κ2) is 21.1. The van der Waals surface area contributed by atoms with Gasteiger partial charge in [-0.05, 0) is 104 Å². The molecule has 3 N–H and O–H groups in total. The molecular weight excluding hydrogens is 802 g/mol. The molecule has 320 valence electrons. The standard InChI is InChI=1S/C18H22F4N2O3.C18H21F4NO3.ClH.N2.H2O/c1-17(2,3)27-16(25)24-8-6-11(7-9-24)15(23-26)13-10-12(18(20,21)22)4-5-14(13)19;1-17(2,3)26-16(25)23-8-6-11(7-9-23)15(24)13-10-12(18(20,21)22)4-5-14(13)19;;1-2;/h4-5,10-11,26H,6-9H2,1-3H3;4-5,10-11H,6-9H2,1-3H3;1H;;1H2/b23-15+;;;;. The molecule has 2 aliphatic rings. The SMILES string of the molecule is CC(C)(C)OC(=O)N1CCC(/C(=N\O)c2cc(C(F)(F)F)ccc2F)CC1.CC(C)(C)OC(=O)N1CCC(C(=O)c2cc(C(F)(F)F)ccc2F)CC1.Cl.N#N.O. The van der Waals surface area contributed by atoms with E-state index in [9.17, 15) is 54.7 Å². The largest absolute Gasteiger partial charge is 0.444 e. The van der Waals surface area contributed by atoms with Gasteiger partial charge in [-0.1, -0.05) is 5.16 Å². The van der Waals surface area contributed by atoms with E-state index in [1.54, 1.807) is 41.5 Å². The summed E-state index contributed by atoms with van der Waals surface area (Å²) in [4.78, 5) is 39.5. The van der Waals surface area contributed by atoms with Crippen molar-refractivity contribution in [3.8, 4) is 0 Å². The van der Waals surface area contributed by atoms with Gasteiger partial charge in [-0.2, -0.15) is 26.3 Å². The molecule has 2 aliphatic heterocycles. The van der Waals surface area contributed by atoms with Crippen molar-refractivity contribution in [1.29, 1.82) is 10.8 Å². The third-order valence-electron chi connectivity index (χ3n) is 8.29. The number of ether oxygens (including phenoxy) is 2. The average molecular weight is 848 g/mol. The van der Waals surface area contributed by atoms with Crippen LogP contribution in [0.5, 0.6) is 0 Å². The summed E-state index contributed by atoms with van der Waals surface area (Å²) in [5.74, 6) is -3.65. The lowest BCUT2D eigenvalue weighted by molar-refractivity contribution is -0.138. The number of carbonyl (C=O) groups is 3. The van der Waals surface area contributed by atoms with Crippen molar-refractivity contribution >= 4 is 36.1 Å². The van der Waals surface area contributed by atoms with Crippen molar-refractivity contribution in [2.75, 3.05) is 26.2 Å². The highest BCUT2D eigenvalue weighted by atomic mass is 35.5. The highest BCUT2D eigenvalue weighted by molar-refractivity contribution is 6.02. The zero-order valence-corrected chi connectivity index (χ0v) is 32.7. The fraction of sp³-hybridized carbons (Fsp3) is 0.556. The first kappa shape index (κ1) is 52.2. The summed E-state index contributed by atoms with van der Waals surface area (Å²) >= 11 is 0. The Balaban J connectivity index is 0.00000102. The van der Waals surface area contributed by atoms with E-state index in [-0.39, 0.29) is 68.2 Å². The van der Waals surface area contributed by atoms with Gasteiger partial charge in [0.2, 0.25) is 0 Å². The Morgan fingerprint density at radius 3 is 1.33 bits per heavy atom. The molecule has 2 aromatic rings. The Labute approximate surface area is 330 Å². The van der Waals surface area contributed by atoms with Crippen LogP contribution in [0.2, 0.25) is 0 Å². The minimum absolute atomic E-state index is 0. The van der Waals surface area contributed by atoms with Crippen molar-refractivity contribution in [1.82, 2.24) is 9.80 Å². The highest BCUT2D eigenvalue weighted by Crippen LogP contribution is 2.34. The zero-order valence-electron chi connectivity index (χ0n) is 31.9. The quantitative estimate of drug-likeness (QED) is 0.0788. The maximum Gasteiger partial charge on any atom is 0.416 e. The smallest absolute Gasteiger partial charge is 0.416 e. The van der Waals surface area contributed by atoms with Gasteiger partial charge in [0.25, 0.3) is 0 Å². The van der Waals surface area contributed by atoms with E-state index in [1.807, 2.05) is 0 Å². The van der Waals surface area contributed by atoms with Crippen LogP contribution in [0.1, 0.15) is 94.3 Å². The van der Waals surface area contributed by atoms with Gasteiger partial charge in [0.1, 0.15) is 22.8 Å². The Hall–Kier alpha value is -4.77. The first-order chi connectivity index (χ1) is 25.3. The summed E-state index contributed by atoms with van der Waals surface area (Å²) < 4.78 is 116. The van der Waals surface area contributed by atoms with Crippen molar-refractivity contribution in [3.63, 3.8) is 0 Å². The molecule has 0 radical (unpaired) electrons. The van der Waals surface area contributed by atoms with E-state index >= 15 is 0 Å². The van der Waals surface area contributed by atoms with Crippen LogP contribution in [-0.2, 0) is 21.8 Å². The van der Waals surface area contributed by atoms with Crippen molar-refractivity contribution in [2.24, 2.45) is 17.0 Å². The minimum Gasteiger partial charge on any atom is -0.444 e. The van der Waals surface area contributed by atoms with E-state index < -0.39 is 81.7 Å². The summed E-state index contributed by atoms with van der Waals surface area (Å²) in [5.41, 5.74) is -4.47. The van der Waals surface area contributed by atoms with Crippen LogP contribution < -0.4 is 0 Å². The lowest BCUT2D eigenvalue weighted by atomic mass is 9.87. The molecule has 0 bridgehead atoms. The molecule has 2 amide bonds. The van der Waals surface area contributed by atoms with Gasteiger partial charge in [-0.25, -0.2) is 18.4 Å². The van der Waals surface area contributed by atoms with Gasteiger partial charge < -0.3 is 30.0 Å². The number of likely N-dealkylation sites (tertiary alicyclic amines) is 2. The molecule has 0 aliphatic carbocycles. The molecule has 2 aromatic carbocycles. The molecule has 0 atom stereocenters. The Morgan fingerprint density at radius 2 is 1.00 bits per heavy atom. The minimum atomic E-state index is -4.65. The van der Waals surface area contributed by atoms with Gasteiger partial charge >= 0.3 is 24.5 Å². The van der Waals surface area contributed by atoms with Crippen LogP contribution in [0.25, 0.3) is 0 Å². The number of rotatable bonds is 4. The fourth-order valence-corrected chi connectivity index (χ4v) is 5.68. The van der Waals surface area contributed by atoms with Gasteiger partial charge in [0.05, 0.1) is 22.4 Å². The van der Waals surface area contributed by atoms with Gasteiger partial charge in [0.15, 0.2) is 5.78 Å². The number of ketones is 1. The number of hydrogen-bond acceptors (Lipinski definition) is 9. The topological polar surface area (TPSA) is 188 Å². The van der Waals surface area contributed by atoms with Crippen molar-refractivity contribution in [2.45, 2.75) is 90.8 Å². The Bertz CT molecular complexity index is 1710. The summed E-state index contributed by atoms with van der Waals surface area (Å²) in [6.07, 6.45) is -9.17. The molecule has 21 heteroatoms. The zero-order chi connectivity index (χ0) is 42.1. The van der Waals surface area contributed by atoms with Crippen LogP contribution in [0, 0.1) is 34.3 Å². The second-order valence-corrected chi connectivity index (χ2v) is 14.7. The third kappa shape index (κ3) is 15.6. The van der Waals surface area contributed by atoms with Crippen LogP contribution in [0.15, 0.2) is 41.6 Å². The number of alkyl halides is 6. The van der Waals surface area contributed by atoms with Crippen LogP contribution in [-0.4, -0.2) is 81.5 Å². The Kier molecular flexibility index (Phi) is 19.4. The number of hydrogen-bond donors (Lipinski definition) is 1. The van der Waals surface area contributed by atoms with E-state index in [4.69, 9.17) is 20.3 Å². The first-order valence-electron chi connectivity index (χ1n) is 17.0. The normalized spacial score (nSPS) is 15.7. The van der Waals surface area contributed by atoms with Crippen molar-refractivity contribution in [3.05, 3.63) is 70.3 Å². The van der Waals surface area contributed by atoms with Gasteiger partial charge in [-0.15, -0.1) is 12.4 Å². The second-order valence-electron chi connectivity index (χ2n) is 14.7. The predicted octanol–water partition coefficient (Wildman–Crippen LogP) is 8.97. The number of halogens is 9. The number of nitrogens with zero attached hydrogens (tertiary/aromatic N) is 5. The number of amides is 2. The van der Waals surface area contributed by atoms with Crippen LogP contribution in [0.3, 0.4) is 0 Å². The van der Waals surface area contributed by atoms with Crippen LogP contribution in [0.4, 0.5) is 44.7 Å². The van der Waals surface area contributed by atoms with E-state index in [0.29, 0.717) is 49.2 Å². The molecule has 2 heterocycles. The maximum atomic E-state index is 14.1. The highest BCUT2D eigenvalue weighted by Gasteiger charge is 2.36. The molecule has 0 spiro atoms. The predicted molar refractivity (Wildman–Crippen MR) is 191 cm³/mol. The lowest BCUT2D eigenvalue weighted by Gasteiger charge is -2.33. The summed E-state index contributed by atoms with van der Waals surface area (Å²) in [7, 11) is 0. The van der Waals surface area contributed by atoms with Crippen molar-refractivity contribution < 1.29 is 69.7 Å². The number of Topliss-reactive ketones (excluding diaryl/α,β-unsaturated/α-hetero) is 1. The molecule has 0 saturated carbocycles. The monoisotopic (exact) mass is 847 g/mol. The van der Waals surface area contributed by atoms with Gasteiger partial charge in [0, 0.05) is 54.4 Å². The molecule has 0 unspecified atom stereocenters. The van der Waals surface area contributed by atoms with Gasteiger partial charge in [-0.3, -0.25) is 4.79 Å². The number of carbonyl (C=O) groups excluding carboxylic acids is 3. The number of benzene rings is 2. The third-order valence-corrected chi connectivity index (χ3v) is 8.29. The van der Waals surface area contributed by atoms with E-state index in [1.165, 1.54) is 9.80 Å². The molecule has 2 fully saturated rings. The Morgan fingerprint density at radius 1 is 0.667 bits per heavy atom. The lowest BCUT2D eigenvalue weighted by Crippen LogP contribution is -2.43.